The third kappa shape index (κ3) is 6.43. The molecule has 74 valence electrons. The van der Waals surface area contributed by atoms with Crippen LogP contribution in [0.25, 0.3) is 0 Å². The molecule has 0 saturated heterocycles. The number of rotatable bonds is 4. The Morgan fingerprint density at radius 1 is 1.50 bits per heavy atom. The first-order valence-electron chi connectivity index (χ1n) is 4.01. The topological polar surface area (TPSA) is 32.3 Å². The zero-order valence-electron chi connectivity index (χ0n) is 8.26. The molecule has 0 heterocycles. The van der Waals surface area contributed by atoms with E-state index >= 15 is 0 Å². The van der Waals surface area contributed by atoms with Crippen molar-refractivity contribution >= 4 is 18.3 Å². The van der Waals surface area contributed by atoms with Crippen LogP contribution in [0.3, 0.4) is 0 Å². The number of likely N-dealkylation sites (N-methyl/N-ethyl adjacent to an activating group) is 1. The number of carbonyl (C=O) groups is 1. The number of carbonyl (C=O) groups excluding carboxylic acids is 1. The van der Waals surface area contributed by atoms with E-state index in [1.54, 1.807) is 0 Å². The van der Waals surface area contributed by atoms with E-state index in [4.69, 9.17) is 0 Å². The molecule has 0 saturated carbocycles. The van der Waals surface area contributed by atoms with E-state index in [1.165, 1.54) is 0 Å². The summed E-state index contributed by atoms with van der Waals surface area (Å²) >= 11 is 0. The minimum atomic E-state index is 0. The van der Waals surface area contributed by atoms with E-state index in [2.05, 4.69) is 17.1 Å². The lowest BCUT2D eigenvalue weighted by molar-refractivity contribution is -0.120. The molecule has 0 spiro atoms. The third-order valence-corrected chi connectivity index (χ3v) is 1.80. The summed E-state index contributed by atoms with van der Waals surface area (Å²) in [6.45, 7) is 4.67. The first-order chi connectivity index (χ1) is 5.07. The van der Waals surface area contributed by atoms with Gasteiger partial charge >= 0.3 is 0 Å². The molecule has 0 bridgehead atoms. The Labute approximate surface area is 80.9 Å². The van der Waals surface area contributed by atoms with Gasteiger partial charge in [-0.3, -0.25) is 4.79 Å². The molecule has 1 unspecified atom stereocenters. The van der Waals surface area contributed by atoms with Gasteiger partial charge in [-0.1, -0.05) is 6.92 Å². The highest BCUT2D eigenvalue weighted by Gasteiger charge is 2.04. The maximum atomic E-state index is 10.8. The Bertz CT molecular complexity index is 128. The molecule has 3 nitrogen and oxygen atoms in total. The summed E-state index contributed by atoms with van der Waals surface area (Å²) in [4.78, 5) is 12.9. The van der Waals surface area contributed by atoms with Crippen molar-refractivity contribution in [3.63, 3.8) is 0 Å². The maximum Gasteiger partial charge on any atom is 0.219 e. The van der Waals surface area contributed by atoms with Crippen LogP contribution in [-0.2, 0) is 4.79 Å². The summed E-state index contributed by atoms with van der Waals surface area (Å²) in [5, 5.41) is 2.83. The van der Waals surface area contributed by atoms with Gasteiger partial charge in [0.2, 0.25) is 5.91 Å². The summed E-state index contributed by atoms with van der Waals surface area (Å²) in [6, 6.07) is 0.408. The molecular weight excluding hydrogens is 176 g/mol. The molecule has 0 aromatic carbocycles. The summed E-state index contributed by atoms with van der Waals surface area (Å²) in [5.74, 6) is 0.124. The van der Waals surface area contributed by atoms with Crippen LogP contribution in [-0.4, -0.2) is 37.5 Å². The number of halogens is 1. The van der Waals surface area contributed by atoms with Gasteiger partial charge in [-0.15, -0.1) is 12.4 Å². The lowest BCUT2D eigenvalue weighted by Crippen LogP contribution is -2.37. The maximum absolute atomic E-state index is 10.8. The molecular formula is C8H19ClN2O. The zero-order valence-corrected chi connectivity index (χ0v) is 9.07. The van der Waals surface area contributed by atoms with Crippen LogP contribution in [0.4, 0.5) is 0 Å². The highest BCUT2D eigenvalue weighted by Crippen LogP contribution is 1.88. The SMILES string of the molecule is CCC(=O)NCC(C)N(C)C.Cl. The largest absolute Gasteiger partial charge is 0.355 e. The van der Waals surface area contributed by atoms with Crippen LogP contribution in [0.5, 0.6) is 0 Å². The Morgan fingerprint density at radius 2 is 2.00 bits per heavy atom. The average molecular weight is 195 g/mol. The number of hydrogen-bond donors (Lipinski definition) is 1. The minimum Gasteiger partial charge on any atom is -0.355 e. The second-order valence-electron chi connectivity index (χ2n) is 2.97. The predicted octanol–water partition coefficient (Wildman–Crippen LogP) is 0.884. The first-order valence-corrected chi connectivity index (χ1v) is 4.01. The molecule has 1 N–H and O–H groups in total. The fourth-order valence-corrected chi connectivity index (χ4v) is 0.569. The standard InChI is InChI=1S/C8H18N2O.ClH/c1-5-8(11)9-6-7(2)10(3)4;/h7H,5-6H2,1-4H3,(H,9,11);1H. The molecule has 0 aliphatic rings. The Kier molecular flexibility index (Phi) is 8.76. The molecule has 1 atom stereocenters. The normalized spacial score (nSPS) is 12.1. The number of nitrogens with one attached hydrogen (secondary N) is 1. The van der Waals surface area contributed by atoms with E-state index in [0.29, 0.717) is 12.5 Å². The van der Waals surface area contributed by atoms with E-state index in [1.807, 2.05) is 21.0 Å². The molecule has 0 aliphatic carbocycles. The van der Waals surface area contributed by atoms with Crippen LogP contribution in [0.15, 0.2) is 0 Å². The second kappa shape index (κ2) is 7.37. The number of nitrogens with zero attached hydrogens (tertiary/aromatic N) is 1. The van der Waals surface area contributed by atoms with Crippen molar-refractivity contribution in [2.24, 2.45) is 0 Å². The molecule has 0 aliphatic heterocycles. The third-order valence-electron chi connectivity index (χ3n) is 1.80. The summed E-state index contributed by atoms with van der Waals surface area (Å²) in [7, 11) is 4.01. The van der Waals surface area contributed by atoms with Crippen molar-refractivity contribution in [3.05, 3.63) is 0 Å². The minimum absolute atomic E-state index is 0. The Hall–Kier alpha value is -0.280. The van der Waals surface area contributed by atoms with Gasteiger partial charge in [0.25, 0.3) is 0 Å². The fourth-order valence-electron chi connectivity index (χ4n) is 0.569. The fraction of sp³-hybridized carbons (Fsp3) is 0.875. The van der Waals surface area contributed by atoms with Crippen molar-refractivity contribution < 1.29 is 4.79 Å². The van der Waals surface area contributed by atoms with Gasteiger partial charge in [0.05, 0.1) is 0 Å². The van der Waals surface area contributed by atoms with Gasteiger partial charge < -0.3 is 10.2 Å². The Balaban J connectivity index is 0. The predicted molar refractivity (Wildman–Crippen MR) is 53.7 cm³/mol. The van der Waals surface area contributed by atoms with Crippen molar-refractivity contribution in [2.45, 2.75) is 26.3 Å². The van der Waals surface area contributed by atoms with Gasteiger partial charge in [0.15, 0.2) is 0 Å². The summed E-state index contributed by atoms with van der Waals surface area (Å²) in [5.41, 5.74) is 0. The van der Waals surface area contributed by atoms with Gasteiger partial charge in [-0.05, 0) is 21.0 Å². The van der Waals surface area contributed by atoms with E-state index in [-0.39, 0.29) is 18.3 Å². The number of amides is 1. The van der Waals surface area contributed by atoms with Crippen molar-refractivity contribution in [3.8, 4) is 0 Å². The summed E-state index contributed by atoms with van der Waals surface area (Å²) in [6.07, 6.45) is 0.570. The molecule has 1 amide bonds. The number of hydrogen-bond acceptors (Lipinski definition) is 2. The van der Waals surface area contributed by atoms with Gasteiger partial charge in [0, 0.05) is 19.0 Å². The van der Waals surface area contributed by atoms with Crippen molar-refractivity contribution in [2.75, 3.05) is 20.6 Å². The molecule has 0 aromatic rings. The highest BCUT2D eigenvalue weighted by molar-refractivity contribution is 5.85. The highest BCUT2D eigenvalue weighted by atomic mass is 35.5. The zero-order chi connectivity index (χ0) is 8.85. The summed E-state index contributed by atoms with van der Waals surface area (Å²) < 4.78 is 0. The van der Waals surface area contributed by atoms with E-state index in [0.717, 1.165) is 6.54 Å². The van der Waals surface area contributed by atoms with Crippen LogP contribution >= 0.6 is 12.4 Å². The van der Waals surface area contributed by atoms with Gasteiger partial charge in [0.1, 0.15) is 0 Å². The quantitative estimate of drug-likeness (QED) is 0.721. The molecule has 0 radical (unpaired) electrons. The Morgan fingerprint density at radius 3 is 2.33 bits per heavy atom. The monoisotopic (exact) mass is 194 g/mol. The molecule has 12 heavy (non-hydrogen) atoms. The van der Waals surface area contributed by atoms with Crippen LogP contribution in [0.1, 0.15) is 20.3 Å². The van der Waals surface area contributed by atoms with E-state index in [9.17, 15) is 4.79 Å². The average Bonchev–Trinajstić information content (AvgIpc) is 1.99. The molecule has 0 rings (SSSR count). The van der Waals surface area contributed by atoms with Crippen molar-refractivity contribution in [1.29, 1.82) is 0 Å². The van der Waals surface area contributed by atoms with Crippen molar-refractivity contribution in [1.82, 2.24) is 10.2 Å². The lowest BCUT2D eigenvalue weighted by atomic mass is 10.3. The molecule has 4 heteroatoms. The van der Waals surface area contributed by atoms with Crippen LogP contribution in [0.2, 0.25) is 0 Å². The van der Waals surface area contributed by atoms with Crippen LogP contribution in [0, 0.1) is 0 Å². The van der Waals surface area contributed by atoms with Gasteiger partial charge in [-0.25, -0.2) is 0 Å². The molecule has 0 aromatic heterocycles. The first kappa shape index (κ1) is 14.3. The smallest absolute Gasteiger partial charge is 0.219 e. The lowest BCUT2D eigenvalue weighted by Gasteiger charge is -2.19. The second-order valence-corrected chi connectivity index (χ2v) is 2.97. The van der Waals surface area contributed by atoms with E-state index < -0.39 is 0 Å². The molecule has 0 fully saturated rings. The van der Waals surface area contributed by atoms with Crippen LogP contribution < -0.4 is 5.32 Å². The van der Waals surface area contributed by atoms with Gasteiger partial charge in [-0.2, -0.15) is 0 Å².